The molecule has 0 aliphatic heterocycles. The molecule has 0 spiro atoms. The molecule has 0 atom stereocenters. The molecule has 0 saturated carbocycles. The van der Waals surface area contributed by atoms with Gasteiger partial charge in [-0.25, -0.2) is 19.9 Å². The summed E-state index contributed by atoms with van der Waals surface area (Å²) >= 11 is 1.01. The van der Waals surface area contributed by atoms with Gasteiger partial charge in [0.05, 0.1) is 0 Å². The van der Waals surface area contributed by atoms with Crippen LogP contribution in [0.5, 0.6) is 0 Å². The average Bonchev–Trinajstić information content (AvgIpc) is 2.38. The van der Waals surface area contributed by atoms with E-state index in [1.807, 2.05) is 0 Å². The topological polar surface area (TPSA) is 63.6 Å². The SMILES string of the molecule is CNc1cc(Sc2ccncn2)nc(C(F)(F)F)n1. The van der Waals surface area contributed by atoms with Crippen LogP contribution in [-0.2, 0) is 6.18 Å². The summed E-state index contributed by atoms with van der Waals surface area (Å²) in [5.41, 5.74) is 0. The smallest absolute Gasteiger partial charge is 0.373 e. The van der Waals surface area contributed by atoms with E-state index in [1.165, 1.54) is 25.6 Å². The first-order valence-corrected chi connectivity index (χ1v) is 5.88. The number of nitrogens with zero attached hydrogens (tertiary/aromatic N) is 4. The highest BCUT2D eigenvalue weighted by Crippen LogP contribution is 2.31. The van der Waals surface area contributed by atoms with Crippen LogP contribution in [0.4, 0.5) is 19.0 Å². The first kappa shape index (κ1) is 13.5. The minimum atomic E-state index is -4.59. The molecule has 0 aromatic carbocycles. The Hall–Kier alpha value is -1.90. The average molecular weight is 287 g/mol. The first-order chi connectivity index (χ1) is 8.99. The van der Waals surface area contributed by atoms with Gasteiger partial charge in [0.2, 0.25) is 5.82 Å². The highest BCUT2D eigenvalue weighted by Gasteiger charge is 2.35. The van der Waals surface area contributed by atoms with E-state index in [0.29, 0.717) is 5.03 Å². The lowest BCUT2D eigenvalue weighted by Crippen LogP contribution is -2.12. The van der Waals surface area contributed by atoms with Crippen molar-refractivity contribution in [2.75, 3.05) is 12.4 Å². The van der Waals surface area contributed by atoms with Crippen LogP contribution in [0.15, 0.2) is 34.7 Å². The van der Waals surface area contributed by atoms with Crippen molar-refractivity contribution in [2.24, 2.45) is 0 Å². The highest BCUT2D eigenvalue weighted by molar-refractivity contribution is 7.99. The Labute approximate surface area is 110 Å². The molecule has 0 unspecified atom stereocenters. The van der Waals surface area contributed by atoms with E-state index in [4.69, 9.17) is 0 Å². The zero-order valence-corrected chi connectivity index (χ0v) is 10.5. The number of hydrogen-bond donors (Lipinski definition) is 1. The van der Waals surface area contributed by atoms with Crippen molar-refractivity contribution in [2.45, 2.75) is 16.2 Å². The number of rotatable bonds is 3. The Balaban J connectivity index is 2.35. The minimum absolute atomic E-state index is 0.0962. The molecule has 2 aromatic heterocycles. The molecular formula is C10H8F3N5S. The van der Waals surface area contributed by atoms with Crippen molar-refractivity contribution in [1.29, 1.82) is 0 Å². The van der Waals surface area contributed by atoms with Gasteiger partial charge in [0.25, 0.3) is 0 Å². The van der Waals surface area contributed by atoms with Gasteiger partial charge in [0, 0.05) is 19.3 Å². The summed E-state index contributed by atoms with van der Waals surface area (Å²) in [5, 5.41) is 3.23. The maximum absolute atomic E-state index is 12.6. The Morgan fingerprint density at radius 1 is 1.21 bits per heavy atom. The molecule has 19 heavy (non-hydrogen) atoms. The van der Waals surface area contributed by atoms with Gasteiger partial charge in [-0.3, -0.25) is 0 Å². The molecule has 2 heterocycles. The third-order valence-corrected chi connectivity index (χ3v) is 2.85. The van der Waals surface area contributed by atoms with E-state index < -0.39 is 12.0 Å². The van der Waals surface area contributed by atoms with Crippen molar-refractivity contribution in [3.05, 3.63) is 30.5 Å². The maximum Gasteiger partial charge on any atom is 0.451 e. The van der Waals surface area contributed by atoms with Crippen molar-refractivity contribution in [1.82, 2.24) is 19.9 Å². The predicted octanol–water partition coefficient (Wildman–Crippen LogP) is 2.48. The van der Waals surface area contributed by atoms with Gasteiger partial charge in [-0.2, -0.15) is 13.2 Å². The number of hydrogen-bond acceptors (Lipinski definition) is 6. The Morgan fingerprint density at radius 2 is 2.00 bits per heavy atom. The summed E-state index contributed by atoms with van der Waals surface area (Å²) in [7, 11) is 1.49. The summed E-state index contributed by atoms with van der Waals surface area (Å²) in [4.78, 5) is 14.5. The van der Waals surface area contributed by atoms with Crippen LogP contribution in [0.25, 0.3) is 0 Å². The molecule has 2 rings (SSSR count). The Bertz CT molecular complexity index is 561. The van der Waals surface area contributed by atoms with Gasteiger partial charge < -0.3 is 5.32 Å². The zero-order chi connectivity index (χ0) is 13.9. The number of anilines is 1. The van der Waals surface area contributed by atoms with E-state index >= 15 is 0 Å². The highest BCUT2D eigenvalue weighted by atomic mass is 32.2. The largest absolute Gasteiger partial charge is 0.451 e. The molecule has 1 N–H and O–H groups in total. The molecule has 0 aliphatic rings. The Kier molecular flexibility index (Phi) is 3.84. The monoisotopic (exact) mass is 287 g/mol. The second-order valence-electron chi connectivity index (χ2n) is 3.31. The quantitative estimate of drug-likeness (QED) is 0.875. The van der Waals surface area contributed by atoms with Crippen molar-refractivity contribution >= 4 is 17.6 Å². The lowest BCUT2D eigenvalue weighted by Gasteiger charge is -2.09. The van der Waals surface area contributed by atoms with Crippen LogP contribution in [0.1, 0.15) is 5.82 Å². The van der Waals surface area contributed by atoms with E-state index in [-0.39, 0.29) is 10.8 Å². The fraction of sp³-hybridized carbons (Fsp3) is 0.200. The van der Waals surface area contributed by atoms with Crippen LogP contribution in [0.2, 0.25) is 0 Å². The molecular weight excluding hydrogens is 279 g/mol. The van der Waals surface area contributed by atoms with E-state index in [0.717, 1.165) is 11.8 Å². The van der Waals surface area contributed by atoms with Crippen LogP contribution >= 0.6 is 11.8 Å². The lowest BCUT2D eigenvalue weighted by atomic mass is 10.5. The van der Waals surface area contributed by atoms with Crippen LogP contribution < -0.4 is 5.32 Å². The van der Waals surface area contributed by atoms with E-state index in [9.17, 15) is 13.2 Å². The summed E-state index contributed by atoms with van der Waals surface area (Å²) in [6.45, 7) is 0. The molecule has 100 valence electrons. The van der Waals surface area contributed by atoms with Gasteiger partial charge in [-0.15, -0.1) is 0 Å². The fourth-order valence-electron chi connectivity index (χ4n) is 1.18. The Morgan fingerprint density at radius 3 is 2.58 bits per heavy atom. The molecule has 0 radical (unpaired) electrons. The maximum atomic E-state index is 12.6. The fourth-order valence-corrected chi connectivity index (χ4v) is 1.92. The standard InChI is InChI=1S/C10H8F3N5S/c1-14-6-4-8(18-9(17-6)10(11,12)13)19-7-2-3-15-5-16-7/h2-5H,1H3,(H,14,17,18). The number of nitrogens with one attached hydrogen (secondary N) is 1. The zero-order valence-electron chi connectivity index (χ0n) is 9.64. The van der Waals surface area contributed by atoms with Gasteiger partial charge in [-0.1, -0.05) is 0 Å². The molecule has 2 aromatic rings. The predicted molar refractivity (Wildman–Crippen MR) is 62.7 cm³/mol. The van der Waals surface area contributed by atoms with Crippen LogP contribution in [0, 0.1) is 0 Å². The lowest BCUT2D eigenvalue weighted by molar-refractivity contribution is -0.145. The van der Waals surface area contributed by atoms with Crippen LogP contribution in [0.3, 0.4) is 0 Å². The minimum Gasteiger partial charge on any atom is -0.373 e. The molecule has 5 nitrogen and oxygen atoms in total. The molecule has 0 bridgehead atoms. The van der Waals surface area contributed by atoms with Crippen LogP contribution in [-0.4, -0.2) is 27.0 Å². The molecule has 0 aliphatic carbocycles. The second-order valence-corrected chi connectivity index (χ2v) is 4.35. The third-order valence-electron chi connectivity index (χ3n) is 1.98. The van der Waals surface area contributed by atoms with E-state index in [1.54, 1.807) is 6.07 Å². The molecule has 0 amide bonds. The summed E-state index contributed by atoms with van der Waals surface area (Å²) in [5.74, 6) is -1.09. The van der Waals surface area contributed by atoms with Gasteiger partial charge in [0.15, 0.2) is 0 Å². The number of aromatic nitrogens is 4. The van der Waals surface area contributed by atoms with Gasteiger partial charge in [0.1, 0.15) is 22.2 Å². The number of halogens is 3. The normalized spacial score (nSPS) is 11.4. The van der Waals surface area contributed by atoms with Crippen molar-refractivity contribution < 1.29 is 13.2 Å². The molecule has 0 saturated heterocycles. The second kappa shape index (κ2) is 5.39. The first-order valence-electron chi connectivity index (χ1n) is 5.07. The third kappa shape index (κ3) is 3.53. The van der Waals surface area contributed by atoms with Crippen molar-refractivity contribution in [3.8, 4) is 0 Å². The summed E-state index contributed by atoms with van der Waals surface area (Å²) in [6, 6.07) is 3.00. The van der Waals surface area contributed by atoms with Crippen molar-refractivity contribution in [3.63, 3.8) is 0 Å². The molecule has 0 fully saturated rings. The summed E-state index contributed by atoms with van der Waals surface area (Å²) < 4.78 is 37.9. The summed E-state index contributed by atoms with van der Waals surface area (Å²) in [6.07, 6.45) is -1.78. The molecule has 9 heteroatoms. The van der Waals surface area contributed by atoms with E-state index in [2.05, 4.69) is 25.3 Å². The van der Waals surface area contributed by atoms with Gasteiger partial charge in [-0.05, 0) is 17.8 Å². The number of alkyl halides is 3. The van der Waals surface area contributed by atoms with Gasteiger partial charge >= 0.3 is 6.18 Å².